The van der Waals surface area contributed by atoms with Crippen LogP contribution in [-0.4, -0.2) is 18.1 Å². The van der Waals surface area contributed by atoms with Crippen molar-refractivity contribution in [3.63, 3.8) is 0 Å². The first kappa shape index (κ1) is 18.0. The summed E-state index contributed by atoms with van der Waals surface area (Å²) in [6.45, 7) is 1.74. The Balaban J connectivity index is 1.85. The molecule has 6 heteroatoms. The van der Waals surface area contributed by atoms with Crippen LogP contribution in [0.4, 0.5) is 4.79 Å². The van der Waals surface area contributed by atoms with Gasteiger partial charge in [0.2, 0.25) is 0 Å². The van der Waals surface area contributed by atoms with E-state index in [1.165, 1.54) is 12.8 Å². The number of hydrogen-bond acceptors (Lipinski definition) is 3. The lowest BCUT2D eigenvalue weighted by Gasteiger charge is -2.29. The summed E-state index contributed by atoms with van der Waals surface area (Å²) in [6, 6.07) is 6.78. The molecule has 1 aliphatic heterocycles. The van der Waals surface area contributed by atoms with Crippen molar-refractivity contribution in [2.75, 3.05) is 0 Å². The molecule has 1 aromatic carbocycles. The maximum atomic E-state index is 12.9. The predicted octanol–water partition coefficient (Wildman–Crippen LogP) is 4.34. The number of amides is 2. The summed E-state index contributed by atoms with van der Waals surface area (Å²) in [6.07, 6.45) is 6.40. The van der Waals surface area contributed by atoms with Gasteiger partial charge in [0.15, 0.2) is 0 Å². The van der Waals surface area contributed by atoms with Crippen molar-refractivity contribution in [1.29, 1.82) is 0 Å². The highest BCUT2D eigenvalue weighted by atomic mass is 79.9. The molecule has 0 saturated heterocycles. The average Bonchev–Trinajstić information content (AvgIpc) is 2.82. The molecule has 2 aliphatic rings. The first-order chi connectivity index (χ1) is 12.0. The lowest BCUT2D eigenvalue weighted by atomic mass is 9.95. The first-order valence-corrected chi connectivity index (χ1v) is 9.58. The fraction of sp³-hybridized carbons (Fsp3) is 0.474. The zero-order valence-electron chi connectivity index (χ0n) is 14.3. The molecule has 0 unspecified atom stereocenters. The van der Waals surface area contributed by atoms with Crippen LogP contribution in [0.25, 0.3) is 0 Å². The minimum atomic E-state index is -0.510. The summed E-state index contributed by atoms with van der Waals surface area (Å²) in [7, 11) is 0. The number of carbonyl (C=O) groups is 2. The molecule has 5 nitrogen and oxygen atoms in total. The molecule has 1 aliphatic carbocycles. The lowest BCUT2D eigenvalue weighted by molar-refractivity contribution is -0.145. The van der Waals surface area contributed by atoms with Gasteiger partial charge in [-0.25, -0.2) is 9.59 Å². The molecule has 1 atom stereocenters. The first-order valence-electron chi connectivity index (χ1n) is 8.79. The Hall–Kier alpha value is -1.82. The Kier molecular flexibility index (Phi) is 5.78. The van der Waals surface area contributed by atoms with E-state index in [2.05, 4.69) is 26.6 Å². The highest BCUT2D eigenvalue weighted by Gasteiger charge is 2.33. The number of ether oxygens (including phenoxy) is 1. The fourth-order valence-electron chi connectivity index (χ4n) is 3.48. The van der Waals surface area contributed by atoms with E-state index >= 15 is 0 Å². The van der Waals surface area contributed by atoms with Gasteiger partial charge >= 0.3 is 12.0 Å². The van der Waals surface area contributed by atoms with Crippen LogP contribution in [0.1, 0.15) is 57.1 Å². The van der Waals surface area contributed by atoms with Crippen LogP contribution in [0, 0.1) is 0 Å². The van der Waals surface area contributed by atoms with Crippen molar-refractivity contribution in [2.24, 2.45) is 0 Å². The Labute approximate surface area is 156 Å². The normalized spacial score (nSPS) is 22.0. The standard InChI is InChI=1S/C19H23BrN2O3/c1-12-16(18(23)25-15-9-4-2-3-5-10-15)17(22-19(24)21-12)13-7-6-8-14(20)11-13/h6-8,11,15,17H,2-5,9-10H2,1H3,(H2,21,22,24)/t17-/m1/s1. The third-order valence-corrected chi connectivity index (χ3v) is 5.24. The van der Waals surface area contributed by atoms with Gasteiger partial charge in [0.1, 0.15) is 6.10 Å². The summed E-state index contributed by atoms with van der Waals surface area (Å²) in [5.74, 6) is -0.345. The molecule has 2 N–H and O–H groups in total. The number of rotatable bonds is 3. The van der Waals surface area contributed by atoms with Crippen molar-refractivity contribution in [2.45, 2.75) is 57.6 Å². The van der Waals surface area contributed by atoms with E-state index in [4.69, 9.17) is 4.74 Å². The van der Waals surface area contributed by atoms with E-state index in [1.807, 2.05) is 24.3 Å². The molecule has 25 heavy (non-hydrogen) atoms. The van der Waals surface area contributed by atoms with Gasteiger partial charge in [-0.1, -0.05) is 40.9 Å². The molecule has 3 rings (SSSR count). The van der Waals surface area contributed by atoms with Gasteiger partial charge < -0.3 is 15.4 Å². The van der Waals surface area contributed by atoms with Crippen molar-refractivity contribution >= 4 is 27.9 Å². The Morgan fingerprint density at radius 2 is 1.92 bits per heavy atom. The Morgan fingerprint density at radius 3 is 2.60 bits per heavy atom. The fourth-order valence-corrected chi connectivity index (χ4v) is 3.89. The van der Waals surface area contributed by atoms with Gasteiger partial charge in [-0.05, 0) is 50.3 Å². The quantitative estimate of drug-likeness (QED) is 0.579. The number of carbonyl (C=O) groups excluding carboxylic acids is 2. The molecular formula is C19H23BrN2O3. The average molecular weight is 407 g/mol. The second-order valence-electron chi connectivity index (χ2n) is 6.64. The largest absolute Gasteiger partial charge is 0.459 e. The van der Waals surface area contributed by atoms with E-state index < -0.39 is 6.04 Å². The molecule has 0 bridgehead atoms. The minimum Gasteiger partial charge on any atom is -0.459 e. The molecule has 1 heterocycles. The smallest absolute Gasteiger partial charge is 0.338 e. The van der Waals surface area contributed by atoms with E-state index in [-0.39, 0.29) is 18.1 Å². The highest BCUT2D eigenvalue weighted by molar-refractivity contribution is 9.10. The van der Waals surface area contributed by atoms with E-state index in [1.54, 1.807) is 6.92 Å². The summed E-state index contributed by atoms with van der Waals surface area (Å²) in [5.41, 5.74) is 1.87. The van der Waals surface area contributed by atoms with Gasteiger partial charge in [-0.15, -0.1) is 0 Å². The van der Waals surface area contributed by atoms with E-state index in [9.17, 15) is 9.59 Å². The van der Waals surface area contributed by atoms with Crippen LogP contribution in [-0.2, 0) is 9.53 Å². The van der Waals surface area contributed by atoms with Crippen molar-refractivity contribution in [3.8, 4) is 0 Å². The molecule has 1 saturated carbocycles. The van der Waals surface area contributed by atoms with Crippen LogP contribution in [0.5, 0.6) is 0 Å². The number of esters is 1. The van der Waals surface area contributed by atoms with E-state index in [0.29, 0.717) is 11.3 Å². The summed E-state index contributed by atoms with van der Waals surface area (Å²) in [4.78, 5) is 24.8. The second-order valence-corrected chi connectivity index (χ2v) is 7.56. The predicted molar refractivity (Wildman–Crippen MR) is 98.8 cm³/mol. The van der Waals surface area contributed by atoms with Crippen LogP contribution < -0.4 is 10.6 Å². The highest BCUT2D eigenvalue weighted by Crippen LogP contribution is 2.30. The molecule has 2 amide bonds. The molecule has 1 fully saturated rings. The van der Waals surface area contributed by atoms with Crippen LogP contribution in [0.2, 0.25) is 0 Å². The third-order valence-electron chi connectivity index (χ3n) is 4.75. The third kappa shape index (κ3) is 4.42. The van der Waals surface area contributed by atoms with Gasteiger partial charge in [0, 0.05) is 10.2 Å². The number of hydrogen-bond donors (Lipinski definition) is 2. The van der Waals surface area contributed by atoms with Gasteiger partial charge in [0.25, 0.3) is 0 Å². The van der Waals surface area contributed by atoms with E-state index in [0.717, 1.165) is 35.7 Å². The van der Waals surface area contributed by atoms with Crippen LogP contribution in [0.3, 0.4) is 0 Å². The maximum Gasteiger partial charge on any atom is 0.338 e. The summed E-state index contributed by atoms with van der Waals surface area (Å²) in [5, 5.41) is 5.53. The van der Waals surface area contributed by atoms with Crippen LogP contribution in [0.15, 0.2) is 40.0 Å². The molecule has 1 aromatic rings. The maximum absolute atomic E-state index is 12.9. The van der Waals surface area contributed by atoms with Crippen LogP contribution >= 0.6 is 15.9 Å². The number of benzene rings is 1. The number of nitrogens with one attached hydrogen (secondary N) is 2. The molecule has 134 valence electrons. The van der Waals surface area contributed by atoms with Crippen molar-refractivity contribution in [1.82, 2.24) is 10.6 Å². The minimum absolute atomic E-state index is 0.0314. The zero-order valence-corrected chi connectivity index (χ0v) is 15.9. The molecule has 0 aromatic heterocycles. The molecular weight excluding hydrogens is 384 g/mol. The lowest BCUT2D eigenvalue weighted by Crippen LogP contribution is -2.45. The topological polar surface area (TPSA) is 67.4 Å². The SMILES string of the molecule is CC1=C(C(=O)OC2CCCCCC2)[C@@H](c2cccc(Br)c2)NC(=O)N1. The second kappa shape index (κ2) is 8.04. The zero-order chi connectivity index (χ0) is 17.8. The molecule has 0 radical (unpaired) electrons. The molecule has 0 spiro atoms. The van der Waals surface area contributed by atoms with Gasteiger partial charge in [-0.3, -0.25) is 0 Å². The van der Waals surface area contributed by atoms with Crippen molar-refractivity contribution in [3.05, 3.63) is 45.6 Å². The van der Waals surface area contributed by atoms with Crippen molar-refractivity contribution < 1.29 is 14.3 Å². The Morgan fingerprint density at radius 1 is 1.20 bits per heavy atom. The number of halogens is 1. The Bertz CT molecular complexity index is 694. The number of urea groups is 1. The van der Waals surface area contributed by atoms with Gasteiger partial charge in [-0.2, -0.15) is 0 Å². The summed E-state index contributed by atoms with van der Waals surface area (Å²) < 4.78 is 6.69. The monoisotopic (exact) mass is 406 g/mol. The van der Waals surface area contributed by atoms with Gasteiger partial charge in [0.05, 0.1) is 11.6 Å². The number of allylic oxidation sites excluding steroid dienone is 1. The summed E-state index contributed by atoms with van der Waals surface area (Å²) >= 11 is 3.44.